The van der Waals surface area contributed by atoms with Crippen LogP contribution in [0.3, 0.4) is 0 Å². The number of rotatable bonds is 4. The molecule has 0 saturated heterocycles. The Morgan fingerprint density at radius 2 is 1.48 bits per heavy atom. The van der Waals surface area contributed by atoms with Crippen molar-refractivity contribution in [3.05, 3.63) is 54.6 Å². The number of carbonyl (C=O) groups excluding carboxylic acids is 1. The first-order valence-electron chi connectivity index (χ1n) is 7.26. The Morgan fingerprint density at radius 1 is 0.952 bits per heavy atom. The topological polar surface area (TPSA) is 38.3 Å². The van der Waals surface area contributed by atoms with E-state index in [9.17, 15) is 4.79 Å². The fraction of sp³-hybridized carbons (Fsp3) is 0.278. The first-order valence-corrected chi connectivity index (χ1v) is 7.26. The molecule has 2 aromatic rings. The van der Waals surface area contributed by atoms with Crippen molar-refractivity contribution < 1.29 is 11.0 Å². The van der Waals surface area contributed by atoms with Gasteiger partial charge in [0.05, 0.1) is 0 Å². The number of amides is 1. The Bertz CT molecular complexity index is 525. The first-order chi connectivity index (χ1) is 10.2. The van der Waals surface area contributed by atoms with Crippen LogP contribution in [0.15, 0.2) is 54.6 Å². The molecule has 0 atom stereocenters. The first kappa shape index (κ1) is 16.8. The second kappa shape index (κ2) is 9.59. The lowest BCUT2D eigenvalue weighted by Crippen LogP contribution is -2.05. The van der Waals surface area contributed by atoms with Gasteiger partial charge in [0.25, 0.3) is 0 Å². The quantitative estimate of drug-likeness (QED) is 0.807. The third-order valence-corrected chi connectivity index (χ3v) is 2.65. The molecule has 1 amide bonds. The summed E-state index contributed by atoms with van der Waals surface area (Å²) in [6.45, 7) is 5.84. The smallest absolute Gasteiger partial charge is 0.221 e. The number of hydrogen-bond acceptors (Lipinski definition) is 2. The van der Waals surface area contributed by atoms with Crippen LogP contribution in [0.5, 0.6) is 11.5 Å². The summed E-state index contributed by atoms with van der Waals surface area (Å²) < 4.78 is 5.63. The van der Waals surface area contributed by atoms with Crippen LogP contribution in [-0.2, 0) is 4.79 Å². The molecule has 0 spiro atoms. The molecule has 0 aromatic heterocycles. The average Bonchev–Trinajstić information content (AvgIpc) is 2.50. The number of benzene rings is 2. The molecule has 0 saturated carbocycles. The molecule has 0 bridgehead atoms. The summed E-state index contributed by atoms with van der Waals surface area (Å²) in [6.07, 6.45) is 2.64. The fourth-order valence-electron chi connectivity index (χ4n) is 1.43. The maximum Gasteiger partial charge on any atom is 0.221 e. The van der Waals surface area contributed by atoms with Gasteiger partial charge >= 0.3 is 0 Å². The molecular weight excluding hydrogens is 262 g/mol. The summed E-state index contributed by atoms with van der Waals surface area (Å²) in [6, 6.07) is 16.8. The predicted octanol–water partition coefficient (Wildman–Crippen LogP) is 5.49. The Labute approximate surface area is 128 Å². The highest BCUT2D eigenvalue weighted by Crippen LogP contribution is 2.22. The van der Waals surface area contributed by atoms with Crippen LogP contribution in [0.25, 0.3) is 0 Å². The van der Waals surface area contributed by atoms with Crippen molar-refractivity contribution in [1.82, 2.24) is 0 Å². The molecule has 0 aliphatic carbocycles. The molecule has 0 aliphatic heterocycles. The largest absolute Gasteiger partial charge is 0.457 e. The van der Waals surface area contributed by atoms with Crippen molar-refractivity contribution in [1.29, 1.82) is 0 Å². The monoisotopic (exact) mass is 287 g/mol. The average molecular weight is 287 g/mol. The molecule has 114 valence electrons. The van der Waals surface area contributed by atoms with Crippen LogP contribution in [0, 0.1) is 0 Å². The maximum absolute atomic E-state index is 10.8. The van der Waals surface area contributed by atoms with E-state index < -0.39 is 0 Å². The van der Waals surface area contributed by atoms with Crippen molar-refractivity contribution in [2.45, 2.75) is 33.6 Å². The molecule has 1 N–H and O–H groups in total. The standard InChI is InChI=1S/C14H13NO2.C4H10.H2/c1-11(16)15-12-7-9-14(10-8-12)17-13-5-3-2-4-6-13;1-3-4-2;/h2-10H,1H3,(H,15,16);3-4H2,1-2H3;1H. The highest BCUT2D eigenvalue weighted by atomic mass is 16.5. The van der Waals surface area contributed by atoms with Gasteiger partial charge in [-0.25, -0.2) is 0 Å². The van der Waals surface area contributed by atoms with Gasteiger partial charge in [-0.15, -0.1) is 0 Å². The molecule has 0 heterocycles. The van der Waals surface area contributed by atoms with Gasteiger partial charge in [-0.05, 0) is 36.4 Å². The molecule has 0 radical (unpaired) electrons. The number of para-hydroxylation sites is 1. The zero-order valence-corrected chi connectivity index (χ0v) is 12.9. The van der Waals surface area contributed by atoms with E-state index in [1.807, 2.05) is 42.5 Å². The van der Waals surface area contributed by atoms with E-state index in [0.29, 0.717) is 0 Å². The van der Waals surface area contributed by atoms with E-state index in [-0.39, 0.29) is 7.33 Å². The number of hydrogen-bond donors (Lipinski definition) is 1. The Kier molecular flexibility index (Phi) is 7.65. The summed E-state index contributed by atoms with van der Waals surface area (Å²) in [5.41, 5.74) is 0.762. The summed E-state index contributed by atoms with van der Waals surface area (Å²) in [5.74, 6) is 1.45. The minimum atomic E-state index is -0.0817. The van der Waals surface area contributed by atoms with Gasteiger partial charge < -0.3 is 10.1 Å². The molecule has 2 aromatic carbocycles. The van der Waals surface area contributed by atoms with Crippen LogP contribution in [0.4, 0.5) is 5.69 Å². The minimum Gasteiger partial charge on any atom is -0.457 e. The van der Waals surface area contributed by atoms with Crippen molar-refractivity contribution in [2.75, 3.05) is 5.32 Å². The highest BCUT2D eigenvalue weighted by Gasteiger charge is 1.98. The fourth-order valence-corrected chi connectivity index (χ4v) is 1.43. The highest BCUT2D eigenvalue weighted by molar-refractivity contribution is 5.88. The second-order valence-corrected chi connectivity index (χ2v) is 4.62. The number of carbonyl (C=O) groups is 1. The second-order valence-electron chi connectivity index (χ2n) is 4.62. The van der Waals surface area contributed by atoms with Gasteiger partial charge in [0.1, 0.15) is 11.5 Å². The summed E-state index contributed by atoms with van der Waals surface area (Å²) >= 11 is 0. The molecule has 3 heteroatoms. The number of nitrogens with one attached hydrogen (secondary N) is 1. The third-order valence-electron chi connectivity index (χ3n) is 2.65. The summed E-state index contributed by atoms with van der Waals surface area (Å²) in [4.78, 5) is 10.8. The molecule has 21 heavy (non-hydrogen) atoms. The summed E-state index contributed by atoms with van der Waals surface area (Å²) in [7, 11) is 0. The zero-order chi connectivity index (χ0) is 15.5. The number of anilines is 1. The molecule has 3 nitrogen and oxygen atoms in total. The van der Waals surface area contributed by atoms with Crippen LogP contribution in [0.1, 0.15) is 35.0 Å². The molecular formula is C18H25NO2. The van der Waals surface area contributed by atoms with Crippen molar-refractivity contribution >= 4 is 11.6 Å². The van der Waals surface area contributed by atoms with Gasteiger partial charge in [-0.1, -0.05) is 44.9 Å². The van der Waals surface area contributed by atoms with E-state index in [0.717, 1.165) is 17.2 Å². The minimum absolute atomic E-state index is 0. The van der Waals surface area contributed by atoms with Crippen molar-refractivity contribution in [2.24, 2.45) is 0 Å². The van der Waals surface area contributed by atoms with Crippen molar-refractivity contribution in [3.8, 4) is 11.5 Å². The van der Waals surface area contributed by atoms with Gasteiger partial charge in [0.2, 0.25) is 5.91 Å². The molecule has 0 unspecified atom stereocenters. The lowest BCUT2D eigenvalue weighted by atomic mass is 10.3. The summed E-state index contributed by atoms with van der Waals surface area (Å²) in [5, 5.41) is 2.70. The molecule has 0 aliphatic rings. The van der Waals surface area contributed by atoms with Crippen molar-refractivity contribution in [3.63, 3.8) is 0 Å². The van der Waals surface area contributed by atoms with Gasteiger partial charge in [0.15, 0.2) is 0 Å². The molecule has 2 rings (SSSR count). The van der Waals surface area contributed by atoms with Gasteiger partial charge in [-0.3, -0.25) is 4.79 Å². The SMILES string of the molecule is CC(=O)Nc1ccc(Oc2ccccc2)cc1.CCCC.[HH]. The van der Waals surface area contributed by atoms with Crippen LogP contribution < -0.4 is 10.1 Å². The Morgan fingerprint density at radius 3 is 1.95 bits per heavy atom. The Hall–Kier alpha value is -2.29. The Balaban J connectivity index is 0.000000791. The lowest BCUT2D eigenvalue weighted by Gasteiger charge is -2.06. The molecule has 0 fully saturated rings. The van der Waals surface area contributed by atoms with Crippen LogP contribution >= 0.6 is 0 Å². The predicted molar refractivity (Wildman–Crippen MR) is 90.0 cm³/mol. The maximum atomic E-state index is 10.8. The number of unbranched alkanes of at least 4 members (excludes halogenated alkanes) is 1. The number of ether oxygens (including phenoxy) is 1. The van der Waals surface area contributed by atoms with Gasteiger partial charge in [0, 0.05) is 14.0 Å². The van der Waals surface area contributed by atoms with E-state index in [2.05, 4.69) is 19.2 Å². The van der Waals surface area contributed by atoms with E-state index in [1.165, 1.54) is 19.8 Å². The van der Waals surface area contributed by atoms with E-state index in [4.69, 9.17) is 4.74 Å². The lowest BCUT2D eigenvalue weighted by molar-refractivity contribution is -0.114. The van der Waals surface area contributed by atoms with Crippen LogP contribution in [0.2, 0.25) is 0 Å². The third kappa shape index (κ3) is 7.16. The zero-order valence-electron chi connectivity index (χ0n) is 12.9. The van der Waals surface area contributed by atoms with E-state index in [1.54, 1.807) is 12.1 Å². The van der Waals surface area contributed by atoms with Crippen LogP contribution in [-0.4, -0.2) is 5.91 Å². The normalized spacial score (nSPS) is 9.29. The van der Waals surface area contributed by atoms with E-state index >= 15 is 0 Å². The van der Waals surface area contributed by atoms with Gasteiger partial charge in [-0.2, -0.15) is 0 Å².